The number of hydrogen-bond acceptors (Lipinski definition) is 6. The zero-order valence-electron chi connectivity index (χ0n) is 22.9. The van der Waals surface area contributed by atoms with E-state index in [4.69, 9.17) is 4.74 Å². The molecule has 1 saturated carbocycles. The molecule has 1 aliphatic heterocycles. The first-order valence-electron chi connectivity index (χ1n) is 13.5. The highest BCUT2D eigenvalue weighted by Crippen LogP contribution is 2.56. The number of nitriles is 1. The van der Waals surface area contributed by atoms with Gasteiger partial charge in [0.1, 0.15) is 23.7 Å². The molecule has 1 amide bonds. The maximum Gasteiger partial charge on any atom is 0.251 e. The number of amides is 1. The molecule has 1 saturated heterocycles. The summed E-state index contributed by atoms with van der Waals surface area (Å²) in [7, 11) is 0. The van der Waals surface area contributed by atoms with Gasteiger partial charge in [0.15, 0.2) is 0 Å². The minimum atomic E-state index is -0.420. The molecule has 1 aliphatic carbocycles. The monoisotopic (exact) mass is 530 g/mol. The summed E-state index contributed by atoms with van der Waals surface area (Å²) >= 11 is 0. The van der Waals surface area contributed by atoms with E-state index in [1.807, 2.05) is 17.0 Å². The summed E-state index contributed by atoms with van der Waals surface area (Å²) < 4.78 is 21.6. The van der Waals surface area contributed by atoms with E-state index < -0.39 is 16.6 Å². The van der Waals surface area contributed by atoms with Gasteiger partial charge in [-0.15, -0.1) is 0 Å². The normalized spacial score (nSPS) is 22.1. The molecule has 5 rings (SSSR count). The van der Waals surface area contributed by atoms with E-state index in [2.05, 4.69) is 44.1 Å². The molecule has 0 radical (unpaired) electrons. The Kier molecular flexibility index (Phi) is 6.98. The van der Waals surface area contributed by atoms with Gasteiger partial charge in [0.05, 0.1) is 16.8 Å². The lowest BCUT2D eigenvalue weighted by Crippen LogP contribution is -2.74. The molecule has 0 bridgehead atoms. The number of aromatic nitrogens is 1. The Labute approximate surface area is 228 Å². The van der Waals surface area contributed by atoms with Crippen LogP contribution in [0.15, 0.2) is 48.7 Å². The quantitative estimate of drug-likeness (QED) is 0.462. The van der Waals surface area contributed by atoms with Gasteiger partial charge in [-0.2, -0.15) is 5.26 Å². The van der Waals surface area contributed by atoms with Crippen LogP contribution in [-0.4, -0.2) is 47.8 Å². The average Bonchev–Trinajstić information content (AvgIpc) is 2.94. The lowest BCUT2D eigenvalue weighted by Gasteiger charge is -2.63. The SMILES string of the molecule is CC1(C)C(NC(=O)c2ccc(N3CCC(CO)CC3)c(F)c2)C(C)(C)C1Oc1ccc(C#N)c2ncccc12. The Hall–Kier alpha value is -3.70. The fraction of sp³-hybridized carbons (Fsp3) is 0.452. The Morgan fingerprint density at radius 1 is 1.18 bits per heavy atom. The van der Waals surface area contributed by atoms with Gasteiger partial charge in [0.25, 0.3) is 5.91 Å². The van der Waals surface area contributed by atoms with Crippen molar-refractivity contribution < 1.29 is 19.0 Å². The van der Waals surface area contributed by atoms with Crippen molar-refractivity contribution in [3.8, 4) is 11.8 Å². The lowest BCUT2D eigenvalue weighted by atomic mass is 9.49. The number of hydrogen-bond donors (Lipinski definition) is 2. The van der Waals surface area contributed by atoms with Crippen molar-refractivity contribution in [3.63, 3.8) is 0 Å². The van der Waals surface area contributed by atoms with Crippen molar-refractivity contribution in [2.75, 3.05) is 24.6 Å². The van der Waals surface area contributed by atoms with Gasteiger partial charge in [0.2, 0.25) is 0 Å². The Morgan fingerprint density at radius 3 is 2.54 bits per heavy atom. The molecule has 0 unspecified atom stereocenters. The van der Waals surface area contributed by atoms with Gasteiger partial charge < -0.3 is 20.1 Å². The number of halogens is 1. The number of benzene rings is 2. The van der Waals surface area contributed by atoms with Crippen LogP contribution in [0.2, 0.25) is 0 Å². The van der Waals surface area contributed by atoms with E-state index >= 15 is 4.39 Å². The van der Waals surface area contributed by atoms with Crippen LogP contribution in [0, 0.1) is 33.9 Å². The zero-order chi connectivity index (χ0) is 27.9. The van der Waals surface area contributed by atoms with Crippen molar-refractivity contribution in [2.45, 2.75) is 52.7 Å². The molecule has 8 heteroatoms. The third kappa shape index (κ3) is 4.70. The van der Waals surface area contributed by atoms with Crippen LogP contribution >= 0.6 is 0 Å². The van der Waals surface area contributed by atoms with Gasteiger partial charge in [-0.05, 0) is 61.2 Å². The minimum Gasteiger partial charge on any atom is -0.488 e. The lowest BCUT2D eigenvalue weighted by molar-refractivity contribution is -0.163. The number of aliphatic hydroxyl groups excluding tert-OH is 1. The molecular formula is C31H35FN4O3. The third-order valence-corrected chi connectivity index (χ3v) is 8.63. The second-order valence-corrected chi connectivity index (χ2v) is 11.9. The van der Waals surface area contributed by atoms with Crippen LogP contribution in [0.3, 0.4) is 0 Å². The zero-order valence-corrected chi connectivity index (χ0v) is 22.9. The Bertz CT molecular complexity index is 1420. The van der Waals surface area contributed by atoms with Crippen LogP contribution < -0.4 is 15.0 Å². The van der Waals surface area contributed by atoms with Crippen LogP contribution in [0.1, 0.15) is 56.5 Å². The first-order chi connectivity index (χ1) is 18.6. The van der Waals surface area contributed by atoms with Crippen molar-refractivity contribution in [2.24, 2.45) is 16.7 Å². The Balaban J connectivity index is 1.30. The van der Waals surface area contributed by atoms with Crippen LogP contribution in [-0.2, 0) is 0 Å². The largest absolute Gasteiger partial charge is 0.488 e. The van der Waals surface area contributed by atoms with Crippen LogP contribution in [0.25, 0.3) is 10.9 Å². The maximum atomic E-state index is 15.1. The summed E-state index contributed by atoms with van der Waals surface area (Å²) in [6, 6.07) is 13.9. The molecular weight excluding hydrogens is 495 g/mol. The summed E-state index contributed by atoms with van der Waals surface area (Å²) in [5, 5.41) is 22.7. The van der Waals surface area contributed by atoms with Crippen molar-refractivity contribution in [3.05, 3.63) is 65.6 Å². The van der Waals surface area contributed by atoms with Gasteiger partial charge in [-0.3, -0.25) is 9.78 Å². The van der Waals surface area contributed by atoms with E-state index in [1.165, 1.54) is 6.07 Å². The number of rotatable bonds is 6. The summed E-state index contributed by atoms with van der Waals surface area (Å²) in [6.45, 7) is 9.75. The third-order valence-electron chi connectivity index (χ3n) is 8.63. The highest BCUT2D eigenvalue weighted by atomic mass is 19.1. The number of nitrogens with one attached hydrogen (secondary N) is 1. The smallest absolute Gasteiger partial charge is 0.251 e. The molecule has 3 aromatic rings. The molecule has 204 valence electrons. The van der Waals surface area contributed by atoms with Crippen LogP contribution in [0.5, 0.6) is 5.75 Å². The van der Waals surface area contributed by atoms with E-state index in [0.29, 0.717) is 35.6 Å². The van der Waals surface area contributed by atoms with E-state index in [0.717, 1.165) is 18.2 Å². The second kappa shape index (κ2) is 10.1. The average molecular weight is 531 g/mol. The van der Waals surface area contributed by atoms with E-state index in [9.17, 15) is 15.2 Å². The summed E-state index contributed by atoms with van der Waals surface area (Å²) in [5.41, 5.74) is 1.02. The highest BCUT2D eigenvalue weighted by molar-refractivity contribution is 5.95. The van der Waals surface area contributed by atoms with Gasteiger partial charge >= 0.3 is 0 Å². The van der Waals surface area contributed by atoms with Crippen molar-refractivity contribution in [1.29, 1.82) is 5.26 Å². The molecule has 1 aromatic heterocycles. The number of aliphatic hydroxyl groups is 1. The fourth-order valence-corrected chi connectivity index (χ4v) is 6.74. The Morgan fingerprint density at radius 2 is 1.90 bits per heavy atom. The van der Waals surface area contributed by atoms with Crippen molar-refractivity contribution in [1.82, 2.24) is 10.3 Å². The van der Waals surface area contributed by atoms with Gasteiger partial charge in [-0.1, -0.05) is 27.7 Å². The first-order valence-corrected chi connectivity index (χ1v) is 13.5. The van der Waals surface area contributed by atoms with Gasteiger partial charge in [-0.25, -0.2) is 4.39 Å². The molecule has 2 aromatic carbocycles. The van der Waals surface area contributed by atoms with E-state index in [-0.39, 0.29) is 36.1 Å². The maximum absolute atomic E-state index is 15.1. The van der Waals surface area contributed by atoms with Gasteiger partial charge in [0, 0.05) is 53.7 Å². The summed E-state index contributed by atoms with van der Waals surface area (Å²) in [5.74, 6) is 0.175. The molecule has 7 nitrogen and oxygen atoms in total. The highest BCUT2D eigenvalue weighted by Gasteiger charge is 2.64. The van der Waals surface area contributed by atoms with E-state index in [1.54, 1.807) is 30.5 Å². The number of pyridine rings is 1. The fourth-order valence-electron chi connectivity index (χ4n) is 6.74. The summed E-state index contributed by atoms with van der Waals surface area (Å²) in [4.78, 5) is 19.6. The minimum absolute atomic E-state index is 0.163. The molecule has 2 heterocycles. The topological polar surface area (TPSA) is 98.5 Å². The molecule has 0 atom stereocenters. The van der Waals surface area contributed by atoms with Crippen molar-refractivity contribution >= 4 is 22.5 Å². The number of anilines is 1. The predicted molar refractivity (Wildman–Crippen MR) is 148 cm³/mol. The number of carbonyl (C=O) groups is 1. The molecule has 2 aliphatic rings. The molecule has 0 spiro atoms. The number of piperidine rings is 1. The molecule has 2 N–H and O–H groups in total. The first kappa shape index (κ1) is 26.9. The molecule has 2 fully saturated rings. The number of fused-ring (bicyclic) bond motifs is 1. The number of nitrogens with zero attached hydrogens (tertiary/aromatic N) is 3. The summed E-state index contributed by atoms with van der Waals surface area (Å²) in [6.07, 6.45) is 3.07. The predicted octanol–water partition coefficient (Wildman–Crippen LogP) is 5.07. The second-order valence-electron chi connectivity index (χ2n) is 11.9. The number of carbonyl (C=O) groups excluding carboxylic acids is 1. The van der Waals surface area contributed by atoms with Crippen LogP contribution in [0.4, 0.5) is 10.1 Å². The number of ether oxygens (including phenoxy) is 1. The standard InChI is InChI=1S/C31H35FN4O3/c1-30(2)28(31(3,4)29(30)39-25-10-8-21(17-33)26-22(25)6-5-13-34-26)35-27(38)20-7-9-24(23(32)16-20)36-14-11-19(18-37)12-15-36/h5-10,13,16,19,28-29,37H,11-12,14-15,18H2,1-4H3,(H,35,38). The molecule has 39 heavy (non-hydrogen) atoms.